The minimum absolute atomic E-state index is 0.0382. The van der Waals surface area contributed by atoms with E-state index >= 15 is 0 Å². The first-order chi connectivity index (χ1) is 12.1. The summed E-state index contributed by atoms with van der Waals surface area (Å²) < 4.78 is 0. The number of amides is 2. The Hall–Kier alpha value is -2.89. The highest BCUT2D eigenvalue weighted by Gasteiger charge is 2.23. The lowest BCUT2D eigenvalue weighted by Crippen LogP contribution is -2.39. The van der Waals surface area contributed by atoms with Crippen LogP contribution in [-0.4, -0.2) is 36.4 Å². The molecule has 1 aromatic heterocycles. The van der Waals surface area contributed by atoms with Crippen molar-refractivity contribution in [2.24, 2.45) is 11.7 Å². The maximum Gasteiger partial charge on any atom is 0.252 e. The second-order valence-electron chi connectivity index (χ2n) is 6.25. The van der Waals surface area contributed by atoms with Crippen molar-refractivity contribution in [2.45, 2.75) is 12.8 Å². The quantitative estimate of drug-likeness (QED) is 0.870. The molecule has 0 saturated carbocycles. The summed E-state index contributed by atoms with van der Waals surface area (Å²) in [5.74, 6) is 0.579. The zero-order valence-corrected chi connectivity index (χ0v) is 14.0. The van der Waals surface area contributed by atoms with Crippen LogP contribution < -0.4 is 16.0 Å². The molecule has 2 heterocycles. The molecule has 0 spiro atoms. The number of carbonyl (C=O) groups excluding carboxylic acids is 2. The Labute approximate surface area is 147 Å². The number of piperidine rings is 1. The van der Waals surface area contributed by atoms with E-state index in [1.165, 1.54) is 0 Å². The molecule has 1 aliphatic rings. The largest absolute Gasteiger partial charge is 0.365 e. The number of nitrogens with zero attached hydrogens (tertiary/aromatic N) is 2. The number of primary amides is 1. The number of anilines is 1. The Morgan fingerprint density at radius 3 is 2.52 bits per heavy atom. The van der Waals surface area contributed by atoms with Gasteiger partial charge in [-0.15, -0.1) is 0 Å². The summed E-state index contributed by atoms with van der Waals surface area (Å²) in [6, 6.07) is 12.7. The number of benzene rings is 1. The van der Waals surface area contributed by atoms with E-state index in [0.29, 0.717) is 29.4 Å². The van der Waals surface area contributed by atoms with E-state index < -0.39 is 5.91 Å². The zero-order chi connectivity index (χ0) is 17.6. The summed E-state index contributed by atoms with van der Waals surface area (Å²) in [7, 11) is 0. The van der Waals surface area contributed by atoms with Gasteiger partial charge < -0.3 is 16.0 Å². The molecule has 1 aliphatic heterocycles. The van der Waals surface area contributed by atoms with Gasteiger partial charge in [0, 0.05) is 31.4 Å². The van der Waals surface area contributed by atoms with Crippen LogP contribution in [0.5, 0.6) is 0 Å². The molecule has 0 bridgehead atoms. The van der Waals surface area contributed by atoms with Gasteiger partial charge in [0.25, 0.3) is 11.8 Å². The van der Waals surface area contributed by atoms with Gasteiger partial charge in [-0.1, -0.05) is 18.2 Å². The predicted octanol–water partition coefficient (Wildman–Crippen LogP) is 1.83. The van der Waals surface area contributed by atoms with Crippen molar-refractivity contribution in [1.82, 2.24) is 10.3 Å². The van der Waals surface area contributed by atoms with Crippen molar-refractivity contribution in [3.8, 4) is 0 Å². The van der Waals surface area contributed by atoms with E-state index in [4.69, 9.17) is 5.73 Å². The minimum atomic E-state index is -0.458. The molecule has 130 valence electrons. The highest BCUT2D eigenvalue weighted by atomic mass is 16.2. The first-order valence-corrected chi connectivity index (χ1v) is 8.48. The summed E-state index contributed by atoms with van der Waals surface area (Å²) in [6.07, 6.45) is 3.54. The standard InChI is InChI=1S/C19H22N4O2/c20-17(24)16-7-4-10-21-18(16)23-11-8-14(9-12-23)13-22-19(25)15-5-2-1-3-6-15/h1-7,10,14H,8-9,11-13H2,(H2,20,24)(H,22,25). The fourth-order valence-electron chi connectivity index (χ4n) is 3.12. The van der Waals surface area contributed by atoms with Crippen LogP contribution in [0.4, 0.5) is 5.82 Å². The predicted molar refractivity (Wildman–Crippen MR) is 96.5 cm³/mol. The lowest BCUT2D eigenvalue weighted by molar-refractivity contribution is 0.0943. The van der Waals surface area contributed by atoms with Gasteiger partial charge in [-0.3, -0.25) is 9.59 Å². The highest BCUT2D eigenvalue weighted by molar-refractivity contribution is 5.97. The van der Waals surface area contributed by atoms with Crippen LogP contribution in [0, 0.1) is 5.92 Å². The lowest BCUT2D eigenvalue weighted by Gasteiger charge is -2.33. The average molecular weight is 338 g/mol. The van der Waals surface area contributed by atoms with Gasteiger partial charge in [0.2, 0.25) is 0 Å². The third-order valence-electron chi connectivity index (χ3n) is 4.55. The van der Waals surface area contributed by atoms with E-state index in [1.54, 1.807) is 18.3 Å². The summed E-state index contributed by atoms with van der Waals surface area (Å²) in [5, 5.41) is 3.01. The molecule has 6 heteroatoms. The smallest absolute Gasteiger partial charge is 0.252 e. The molecule has 0 atom stereocenters. The van der Waals surface area contributed by atoms with E-state index in [1.807, 2.05) is 30.3 Å². The van der Waals surface area contributed by atoms with Gasteiger partial charge in [0.15, 0.2) is 0 Å². The van der Waals surface area contributed by atoms with Crippen LogP contribution in [-0.2, 0) is 0 Å². The van der Waals surface area contributed by atoms with Gasteiger partial charge in [0.1, 0.15) is 5.82 Å². The second-order valence-corrected chi connectivity index (χ2v) is 6.25. The summed E-state index contributed by atoms with van der Waals surface area (Å²) >= 11 is 0. The first kappa shape index (κ1) is 17.0. The van der Waals surface area contributed by atoms with Gasteiger partial charge in [-0.05, 0) is 43.0 Å². The van der Waals surface area contributed by atoms with E-state index in [9.17, 15) is 9.59 Å². The number of pyridine rings is 1. The molecule has 3 N–H and O–H groups in total. The Kier molecular flexibility index (Phi) is 5.28. The van der Waals surface area contributed by atoms with Crippen molar-refractivity contribution in [3.05, 3.63) is 59.8 Å². The zero-order valence-electron chi connectivity index (χ0n) is 14.0. The van der Waals surface area contributed by atoms with Crippen LogP contribution in [0.2, 0.25) is 0 Å². The number of nitrogens with two attached hydrogens (primary N) is 1. The highest BCUT2D eigenvalue weighted by Crippen LogP contribution is 2.24. The number of aromatic nitrogens is 1. The molecule has 0 radical (unpaired) electrons. The molecule has 0 aliphatic carbocycles. The molecule has 0 unspecified atom stereocenters. The fourth-order valence-corrected chi connectivity index (χ4v) is 3.12. The molecule has 1 saturated heterocycles. The van der Waals surface area contributed by atoms with Crippen molar-refractivity contribution >= 4 is 17.6 Å². The van der Waals surface area contributed by atoms with Crippen molar-refractivity contribution in [3.63, 3.8) is 0 Å². The fraction of sp³-hybridized carbons (Fsp3) is 0.316. The number of rotatable bonds is 5. The van der Waals surface area contributed by atoms with Crippen molar-refractivity contribution in [1.29, 1.82) is 0 Å². The third-order valence-corrected chi connectivity index (χ3v) is 4.55. The SMILES string of the molecule is NC(=O)c1cccnc1N1CCC(CNC(=O)c2ccccc2)CC1. The van der Waals surface area contributed by atoms with Gasteiger partial charge in [0.05, 0.1) is 5.56 Å². The molecular weight excluding hydrogens is 316 g/mol. The van der Waals surface area contributed by atoms with Gasteiger partial charge in [-0.2, -0.15) is 0 Å². The topological polar surface area (TPSA) is 88.3 Å². The van der Waals surface area contributed by atoms with Crippen molar-refractivity contribution in [2.75, 3.05) is 24.5 Å². The molecule has 6 nitrogen and oxygen atoms in total. The summed E-state index contributed by atoms with van der Waals surface area (Å²) in [5.41, 5.74) is 6.57. The normalized spacial score (nSPS) is 15.0. The Bertz CT molecular complexity index is 740. The Morgan fingerprint density at radius 2 is 1.84 bits per heavy atom. The summed E-state index contributed by atoms with van der Waals surface area (Å²) in [6.45, 7) is 2.25. The van der Waals surface area contributed by atoms with Gasteiger partial charge >= 0.3 is 0 Å². The Balaban J connectivity index is 1.53. The van der Waals surface area contributed by atoms with E-state index in [-0.39, 0.29) is 5.91 Å². The number of hydrogen-bond donors (Lipinski definition) is 2. The molecule has 3 rings (SSSR count). The molecule has 25 heavy (non-hydrogen) atoms. The van der Waals surface area contributed by atoms with Crippen molar-refractivity contribution < 1.29 is 9.59 Å². The molecule has 1 fully saturated rings. The third kappa shape index (κ3) is 4.15. The van der Waals surface area contributed by atoms with E-state index in [2.05, 4.69) is 15.2 Å². The molecule has 2 aromatic rings. The maximum atomic E-state index is 12.1. The molecular formula is C19H22N4O2. The number of carbonyl (C=O) groups is 2. The van der Waals surface area contributed by atoms with Crippen LogP contribution in [0.25, 0.3) is 0 Å². The number of nitrogens with one attached hydrogen (secondary N) is 1. The Morgan fingerprint density at radius 1 is 1.12 bits per heavy atom. The van der Waals surface area contributed by atoms with Crippen LogP contribution >= 0.6 is 0 Å². The first-order valence-electron chi connectivity index (χ1n) is 8.48. The lowest BCUT2D eigenvalue weighted by atomic mass is 9.96. The van der Waals surface area contributed by atoms with Crippen LogP contribution in [0.15, 0.2) is 48.7 Å². The summed E-state index contributed by atoms with van der Waals surface area (Å²) in [4.78, 5) is 30.1. The number of hydrogen-bond acceptors (Lipinski definition) is 4. The average Bonchev–Trinajstić information content (AvgIpc) is 2.67. The second kappa shape index (κ2) is 7.79. The van der Waals surface area contributed by atoms with Crippen LogP contribution in [0.1, 0.15) is 33.6 Å². The molecule has 1 aromatic carbocycles. The minimum Gasteiger partial charge on any atom is -0.365 e. The van der Waals surface area contributed by atoms with E-state index in [0.717, 1.165) is 25.9 Å². The monoisotopic (exact) mass is 338 g/mol. The maximum absolute atomic E-state index is 12.1. The van der Waals surface area contributed by atoms with Crippen LogP contribution in [0.3, 0.4) is 0 Å². The molecule has 2 amide bonds. The van der Waals surface area contributed by atoms with Gasteiger partial charge in [-0.25, -0.2) is 4.98 Å².